The van der Waals surface area contributed by atoms with Gasteiger partial charge in [0.25, 0.3) is 0 Å². The van der Waals surface area contributed by atoms with Crippen LogP contribution in [0.15, 0.2) is 54.6 Å². The van der Waals surface area contributed by atoms with Crippen molar-refractivity contribution in [2.24, 2.45) is 5.92 Å². The second-order valence-corrected chi connectivity index (χ2v) is 5.57. The Morgan fingerprint density at radius 2 is 1.60 bits per heavy atom. The van der Waals surface area contributed by atoms with E-state index in [2.05, 4.69) is 53.8 Å². The number of aliphatic hydroxyl groups is 1. The van der Waals surface area contributed by atoms with Gasteiger partial charge in [-0.05, 0) is 42.0 Å². The minimum Gasteiger partial charge on any atom is -0.394 e. The molecule has 0 amide bonds. The highest BCUT2D eigenvalue weighted by Gasteiger charge is 2.22. The van der Waals surface area contributed by atoms with E-state index in [-0.39, 0.29) is 12.6 Å². The second-order valence-electron chi connectivity index (χ2n) is 5.57. The van der Waals surface area contributed by atoms with Crippen LogP contribution in [0.1, 0.15) is 24.4 Å². The molecule has 3 rings (SSSR count). The average molecular weight is 267 g/mol. The Balaban J connectivity index is 1.70. The Bertz CT molecular complexity index is 531. The maximum atomic E-state index is 9.54. The minimum absolute atomic E-state index is 0.0559. The highest BCUT2D eigenvalue weighted by molar-refractivity contribution is 5.63. The lowest BCUT2D eigenvalue weighted by Gasteiger charge is -2.17. The van der Waals surface area contributed by atoms with E-state index in [1.54, 1.807) is 0 Å². The molecule has 1 aliphatic carbocycles. The lowest BCUT2D eigenvalue weighted by molar-refractivity contribution is 0.243. The van der Waals surface area contributed by atoms with E-state index in [0.29, 0.717) is 0 Å². The summed E-state index contributed by atoms with van der Waals surface area (Å²) in [5.41, 5.74) is 3.60. The molecule has 0 heterocycles. The smallest absolute Gasteiger partial charge is 0.0626 e. The fourth-order valence-electron chi connectivity index (χ4n) is 2.46. The van der Waals surface area contributed by atoms with Crippen LogP contribution in [0, 0.1) is 5.92 Å². The SMILES string of the molecule is OCC(NCC1CC1)c1ccc(-c2ccccc2)cc1. The van der Waals surface area contributed by atoms with Crippen molar-refractivity contribution in [3.63, 3.8) is 0 Å². The molecule has 2 N–H and O–H groups in total. The van der Waals surface area contributed by atoms with Crippen LogP contribution in [0.2, 0.25) is 0 Å². The van der Waals surface area contributed by atoms with E-state index in [1.165, 1.54) is 24.0 Å². The zero-order valence-corrected chi connectivity index (χ0v) is 11.6. The Hall–Kier alpha value is -1.64. The molecule has 104 valence electrons. The van der Waals surface area contributed by atoms with E-state index in [4.69, 9.17) is 0 Å². The third kappa shape index (κ3) is 3.27. The molecule has 1 atom stereocenters. The van der Waals surface area contributed by atoms with Crippen LogP contribution >= 0.6 is 0 Å². The summed E-state index contributed by atoms with van der Waals surface area (Å²) >= 11 is 0. The van der Waals surface area contributed by atoms with Gasteiger partial charge in [-0.2, -0.15) is 0 Å². The van der Waals surface area contributed by atoms with Gasteiger partial charge in [0, 0.05) is 0 Å². The monoisotopic (exact) mass is 267 g/mol. The Kier molecular flexibility index (Phi) is 4.14. The number of hydrogen-bond acceptors (Lipinski definition) is 2. The summed E-state index contributed by atoms with van der Waals surface area (Å²) in [6, 6.07) is 18.9. The Morgan fingerprint density at radius 1 is 0.950 bits per heavy atom. The van der Waals surface area contributed by atoms with E-state index in [9.17, 15) is 5.11 Å². The van der Waals surface area contributed by atoms with Crippen LogP contribution in [0.25, 0.3) is 11.1 Å². The van der Waals surface area contributed by atoms with Gasteiger partial charge in [-0.1, -0.05) is 54.6 Å². The van der Waals surface area contributed by atoms with Crippen LogP contribution in [0.3, 0.4) is 0 Å². The average Bonchev–Trinajstić information content (AvgIpc) is 3.34. The highest BCUT2D eigenvalue weighted by atomic mass is 16.3. The molecule has 1 saturated carbocycles. The van der Waals surface area contributed by atoms with Crippen molar-refractivity contribution >= 4 is 0 Å². The zero-order valence-electron chi connectivity index (χ0n) is 11.6. The number of nitrogens with one attached hydrogen (secondary N) is 1. The molecule has 0 bridgehead atoms. The van der Waals surface area contributed by atoms with E-state index in [0.717, 1.165) is 18.0 Å². The molecular weight excluding hydrogens is 246 g/mol. The molecule has 0 aromatic heterocycles. The van der Waals surface area contributed by atoms with Crippen molar-refractivity contribution in [3.8, 4) is 11.1 Å². The lowest BCUT2D eigenvalue weighted by Crippen LogP contribution is -2.26. The third-order valence-electron chi connectivity index (χ3n) is 3.95. The van der Waals surface area contributed by atoms with Crippen LogP contribution < -0.4 is 5.32 Å². The molecule has 0 saturated heterocycles. The maximum absolute atomic E-state index is 9.54. The molecule has 0 spiro atoms. The first-order valence-corrected chi connectivity index (χ1v) is 7.36. The summed E-state index contributed by atoms with van der Waals surface area (Å²) < 4.78 is 0. The molecule has 1 aliphatic rings. The highest BCUT2D eigenvalue weighted by Crippen LogP contribution is 2.29. The number of aliphatic hydroxyl groups excluding tert-OH is 1. The summed E-state index contributed by atoms with van der Waals surface area (Å²) in [5.74, 6) is 0.827. The van der Waals surface area contributed by atoms with Crippen LogP contribution in [-0.4, -0.2) is 18.3 Å². The molecule has 2 heteroatoms. The van der Waals surface area contributed by atoms with Crippen molar-refractivity contribution in [2.45, 2.75) is 18.9 Å². The summed E-state index contributed by atoms with van der Waals surface area (Å²) in [4.78, 5) is 0. The first kappa shape index (κ1) is 13.3. The van der Waals surface area contributed by atoms with Gasteiger partial charge in [-0.3, -0.25) is 0 Å². The van der Waals surface area contributed by atoms with Gasteiger partial charge in [0.05, 0.1) is 12.6 Å². The topological polar surface area (TPSA) is 32.3 Å². The zero-order chi connectivity index (χ0) is 13.8. The fourth-order valence-corrected chi connectivity index (χ4v) is 2.46. The predicted molar refractivity (Wildman–Crippen MR) is 82.4 cm³/mol. The standard InChI is InChI=1S/C18H21NO/c20-13-18(19-12-14-6-7-14)17-10-8-16(9-11-17)15-4-2-1-3-5-15/h1-5,8-11,14,18-20H,6-7,12-13H2. The summed E-state index contributed by atoms with van der Waals surface area (Å²) in [6.45, 7) is 1.17. The molecule has 1 unspecified atom stereocenters. The van der Waals surface area contributed by atoms with Gasteiger partial charge in [0.2, 0.25) is 0 Å². The molecule has 2 nitrogen and oxygen atoms in total. The summed E-state index contributed by atoms with van der Waals surface area (Å²) in [6.07, 6.45) is 2.66. The summed E-state index contributed by atoms with van der Waals surface area (Å²) in [5, 5.41) is 13.0. The number of benzene rings is 2. The first-order chi connectivity index (χ1) is 9.86. The maximum Gasteiger partial charge on any atom is 0.0626 e. The van der Waals surface area contributed by atoms with Crippen molar-refractivity contribution < 1.29 is 5.11 Å². The third-order valence-corrected chi connectivity index (χ3v) is 3.95. The Morgan fingerprint density at radius 3 is 2.20 bits per heavy atom. The molecule has 2 aromatic rings. The largest absolute Gasteiger partial charge is 0.394 e. The van der Waals surface area contributed by atoms with Crippen LogP contribution in [-0.2, 0) is 0 Å². The lowest BCUT2D eigenvalue weighted by atomic mass is 10.0. The molecule has 2 aromatic carbocycles. The second kappa shape index (κ2) is 6.21. The van der Waals surface area contributed by atoms with E-state index < -0.39 is 0 Å². The van der Waals surface area contributed by atoms with Gasteiger partial charge in [-0.25, -0.2) is 0 Å². The number of rotatable bonds is 6. The summed E-state index contributed by atoms with van der Waals surface area (Å²) in [7, 11) is 0. The van der Waals surface area contributed by atoms with Gasteiger partial charge in [0.1, 0.15) is 0 Å². The van der Waals surface area contributed by atoms with Crippen LogP contribution in [0.4, 0.5) is 0 Å². The van der Waals surface area contributed by atoms with E-state index >= 15 is 0 Å². The molecule has 0 radical (unpaired) electrons. The van der Waals surface area contributed by atoms with Crippen LogP contribution in [0.5, 0.6) is 0 Å². The van der Waals surface area contributed by atoms with Crippen molar-refractivity contribution in [1.29, 1.82) is 0 Å². The molecule has 0 aliphatic heterocycles. The Labute approximate surface area is 120 Å². The van der Waals surface area contributed by atoms with Crippen molar-refractivity contribution in [2.75, 3.05) is 13.2 Å². The van der Waals surface area contributed by atoms with Crippen molar-refractivity contribution in [3.05, 3.63) is 60.2 Å². The molecule has 20 heavy (non-hydrogen) atoms. The van der Waals surface area contributed by atoms with Gasteiger partial charge in [-0.15, -0.1) is 0 Å². The van der Waals surface area contributed by atoms with Gasteiger partial charge in [0.15, 0.2) is 0 Å². The first-order valence-electron chi connectivity index (χ1n) is 7.36. The normalized spacial score (nSPS) is 16.1. The van der Waals surface area contributed by atoms with Gasteiger partial charge < -0.3 is 10.4 Å². The van der Waals surface area contributed by atoms with Crippen molar-refractivity contribution in [1.82, 2.24) is 5.32 Å². The quantitative estimate of drug-likeness (QED) is 0.841. The minimum atomic E-state index is 0.0559. The fraction of sp³-hybridized carbons (Fsp3) is 0.333. The molecule has 1 fully saturated rings. The molecular formula is C18H21NO. The number of hydrogen-bond donors (Lipinski definition) is 2. The van der Waals surface area contributed by atoms with E-state index in [1.807, 2.05) is 6.07 Å². The predicted octanol–water partition coefficient (Wildman–Crippen LogP) is 3.39. The van der Waals surface area contributed by atoms with Gasteiger partial charge >= 0.3 is 0 Å².